The van der Waals surface area contributed by atoms with Gasteiger partial charge in [-0.25, -0.2) is 4.39 Å². The van der Waals surface area contributed by atoms with Gasteiger partial charge in [0.2, 0.25) is 5.91 Å². The molecule has 22 heavy (non-hydrogen) atoms. The third kappa shape index (κ3) is 3.97. The molecule has 0 saturated heterocycles. The highest BCUT2D eigenvalue weighted by molar-refractivity contribution is 6.36. The van der Waals surface area contributed by atoms with Crippen molar-refractivity contribution in [3.63, 3.8) is 0 Å². The van der Waals surface area contributed by atoms with Crippen LogP contribution in [0.3, 0.4) is 0 Å². The number of hydrogen-bond donors (Lipinski definition) is 1. The number of nitrogens with zero attached hydrogens (tertiary/aromatic N) is 1. The molecule has 6 heteroatoms. The lowest BCUT2D eigenvalue weighted by molar-refractivity contribution is -0.118. The van der Waals surface area contributed by atoms with E-state index in [1.54, 1.807) is 18.2 Å². The predicted molar refractivity (Wildman–Crippen MR) is 86.0 cm³/mol. The third-order valence-corrected chi connectivity index (χ3v) is 3.86. The van der Waals surface area contributed by atoms with Crippen LogP contribution in [0, 0.1) is 5.82 Å². The number of anilines is 1. The zero-order chi connectivity index (χ0) is 16.1. The molecule has 116 valence electrons. The average Bonchev–Trinajstić information content (AvgIpc) is 2.49. The molecule has 0 aromatic heterocycles. The Bertz CT molecular complexity index is 641. The molecular formula is C16H14Cl2FNO2. The van der Waals surface area contributed by atoms with Crippen LogP contribution in [-0.2, 0) is 11.2 Å². The van der Waals surface area contributed by atoms with Crippen molar-refractivity contribution in [2.24, 2.45) is 0 Å². The molecule has 1 N–H and O–H groups in total. The first-order valence-electron chi connectivity index (χ1n) is 6.62. The molecule has 2 aromatic rings. The summed E-state index contributed by atoms with van der Waals surface area (Å²) in [7, 11) is 0. The monoisotopic (exact) mass is 341 g/mol. The number of aliphatic hydroxyl groups excluding tert-OH is 1. The third-order valence-electron chi connectivity index (χ3n) is 3.15. The van der Waals surface area contributed by atoms with Gasteiger partial charge in [0, 0.05) is 22.3 Å². The molecule has 0 spiro atoms. The topological polar surface area (TPSA) is 40.5 Å². The number of benzene rings is 2. The number of amides is 1. The minimum absolute atomic E-state index is 0.00408. The van der Waals surface area contributed by atoms with E-state index in [2.05, 4.69) is 0 Å². The number of carbonyl (C=O) groups is 1. The summed E-state index contributed by atoms with van der Waals surface area (Å²) in [5.41, 5.74) is 1.03. The molecule has 0 radical (unpaired) electrons. The van der Waals surface area contributed by atoms with Crippen molar-refractivity contribution in [3.8, 4) is 0 Å². The molecule has 0 bridgehead atoms. The Morgan fingerprint density at radius 3 is 2.23 bits per heavy atom. The maximum Gasteiger partial charge on any atom is 0.231 e. The Hall–Kier alpha value is -1.62. The molecule has 0 unspecified atom stereocenters. The maximum absolute atomic E-state index is 13.0. The van der Waals surface area contributed by atoms with Crippen molar-refractivity contribution in [3.05, 3.63) is 63.9 Å². The van der Waals surface area contributed by atoms with Gasteiger partial charge in [0.05, 0.1) is 13.0 Å². The van der Waals surface area contributed by atoms with E-state index in [1.165, 1.54) is 29.2 Å². The van der Waals surface area contributed by atoms with E-state index in [-0.39, 0.29) is 25.5 Å². The second-order valence-electron chi connectivity index (χ2n) is 4.62. The minimum Gasteiger partial charge on any atom is -0.395 e. The van der Waals surface area contributed by atoms with Crippen LogP contribution in [0.2, 0.25) is 10.0 Å². The average molecular weight is 342 g/mol. The second-order valence-corrected chi connectivity index (χ2v) is 5.44. The van der Waals surface area contributed by atoms with Gasteiger partial charge in [-0.3, -0.25) is 4.79 Å². The summed E-state index contributed by atoms with van der Waals surface area (Å²) in [6, 6.07) is 10.5. The Kier molecular flexibility index (Phi) is 5.77. The van der Waals surface area contributed by atoms with Gasteiger partial charge in [0.25, 0.3) is 0 Å². The van der Waals surface area contributed by atoms with Crippen LogP contribution in [0.1, 0.15) is 5.56 Å². The van der Waals surface area contributed by atoms with E-state index in [1.807, 2.05) is 0 Å². The van der Waals surface area contributed by atoms with Crippen molar-refractivity contribution in [2.75, 3.05) is 18.1 Å². The fraction of sp³-hybridized carbons (Fsp3) is 0.188. The van der Waals surface area contributed by atoms with Crippen LogP contribution < -0.4 is 4.90 Å². The lowest BCUT2D eigenvalue weighted by Gasteiger charge is -2.22. The smallest absolute Gasteiger partial charge is 0.231 e. The van der Waals surface area contributed by atoms with E-state index in [9.17, 15) is 9.18 Å². The van der Waals surface area contributed by atoms with E-state index < -0.39 is 5.82 Å². The first-order valence-corrected chi connectivity index (χ1v) is 7.38. The molecule has 0 aliphatic carbocycles. The van der Waals surface area contributed by atoms with Gasteiger partial charge < -0.3 is 10.0 Å². The van der Waals surface area contributed by atoms with Crippen LogP contribution in [-0.4, -0.2) is 24.2 Å². The van der Waals surface area contributed by atoms with Crippen LogP contribution in [0.25, 0.3) is 0 Å². The SMILES string of the molecule is O=C(Cc1c(Cl)cccc1Cl)N(CCO)c1ccc(F)cc1. The Balaban J connectivity index is 2.25. The van der Waals surface area contributed by atoms with Crippen LogP contribution in [0.15, 0.2) is 42.5 Å². The quantitative estimate of drug-likeness (QED) is 0.900. The summed E-state index contributed by atoms with van der Waals surface area (Å²) >= 11 is 12.1. The molecule has 0 aliphatic heterocycles. The standard InChI is InChI=1S/C16H14Cl2FNO2/c17-14-2-1-3-15(18)13(14)10-16(22)20(8-9-21)12-6-4-11(19)5-7-12/h1-7,21H,8-10H2. The van der Waals surface area contributed by atoms with Gasteiger partial charge in [0.15, 0.2) is 0 Å². The molecule has 0 atom stereocenters. The highest BCUT2D eigenvalue weighted by atomic mass is 35.5. The lowest BCUT2D eigenvalue weighted by Crippen LogP contribution is -2.34. The van der Waals surface area contributed by atoms with Gasteiger partial charge in [-0.15, -0.1) is 0 Å². The van der Waals surface area contributed by atoms with E-state index in [0.717, 1.165) is 0 Å². The first-order chi connectivity index (χ1) is 10.5. The van der Waals surface area contributed by atoms with Crippen LogP contribution in [0.4, 0.5) is 10.1 Å². The Morgan fingerprint density at radius 2 is 1.68 bits per heavy atom. The summed E-state index contributed by atoms with van der Waals surface area (Å²) in [5.74, 6) is -0.676. The number of hydrogen-bond acceptors (Lipinski definition) is 2. The molecule has 0 saturated carbocycles. The molecule has 0 heterocycles. The molecule has 2 aromatic carbocycles. The van der Waals surface area contributed by atoms with Gasteiger partial charge in [-0.05, 0) is 42.0 Å². The van der Waals surface area contributed by atoms with Crippen molar-refractivity contribution in [2.45, 2.75) is 6.42 Å². The van der Waals surface area contributed by atoms with Crippen LogP contribution in [0.5, 0.6) is 0 Å². The minimum atomic E-state index is -0.394. The molecule has 1 amide bonds. The molecule has 3 nitrogen and oxygen atoms in total. The van der Waals surface area contributed by atoms with Gasteiger partial charge >= 0.3 is 0 Å². The fourth-order valence-electron chi connectivity index (χ4n) is 2.07. The number of rotatable bonds is 5. The van der Waals surface area contributed by atoms with Gasteiger partial charge in [-0.1, -0.05) is 29.3 Å². The number of carbonyl (C=O) groups excluding carboxylic acids is 1. The molecule has 0 aliphatic rings. The highest BCUT2D eigenvalue weighted by Crippen LogP contribution is 2.26. The van der Waals surface area contributed by atoms with Gasteiger partial charge in [0.1, 0.15) is 5.82 Å². The summed E-state index contributed by atoms with van der Waals surface area (Å²) in [4.78, 5) is 13.9. The fourth-order valence-corrected chi connectivity index (χ4v) is 2.60. The summed E-state index contributed by atoms with van der Waals surface area (Å²) in [6.07, 6.45) is -0.00408. The summed E-state index contributed by atoms with van der Waals surface area (Å²) in [6.45, 7) is -0.105. The van der Waals surface area contributed by atoms with Crippen molar-refractivity contribution < 1.29 is 14.3 Å². The van der Waals surface area contributed by atoms with Crippen LogP contribution >= 0.6 is 23.2 Å². The summed E-state index contributed by atoms with van der Waals surface area (Å²) in [5, 5.41) is 9.97. The molecular weight excluding hydrogens is 328 g/mol. The lowest BCUT2D eigenvalue weighted by atomic mass is 10.1. The molecule has 0 fully saturated rings. The van der Waals surface area contributed by atoms with Gasteiger partial charge in [-0.2, -0.15) is 0 Å². The highest BCUT2D eigenvalue weighted by Gasteiger charge is 2.18. The van der Waals surface area contributed by atoms with Crippen molar-refractivity contribution in [1.82, 2.24) is 0 Å². The number of halogens is 3. The zero-order valence-corrected chi connectivity index (χ0v) is 13.1. The predicted octanol–water partition coefficient (Wildman–Crippen LogP) is 3.70. The maximum atomic E-state index is 13.0. The largest absolute Gasteiger partial charge is 0.395 e. The Morgan fingerprint density at radius 1 is 1.09 bits per heavy atom. The van der Waals surface area contributed by atoms with Crippen molar-refractivity contribution in [1.29, 1.82) is 0 Å². The number of aliphatic hydroxyl groups is 1. The molecule has 2 rings (SSSR count). The zero-order valence-electron chi connectivity index (χ0n) is 11.6. The summed E-state index contributed by atoms with van der Waals surface area (Å²) < 4.78 is 13.0. The van der Waals surface area contributed by atoms with E-state index >= 15 is 0 Å². The first kappa shape index (κ1) is 16.7. The Labute approximate surface area is 137 Å². The van der Waals surface area contributed by atoms with E-state index in [4.69, 9.17) is 28.3 Å². The normalized spacial score (nSPS) is 10.5. The second kappa shape index (κ2) is 7.58. The van der Waals surface area contributed by atoms with Crippen molar-refractivity contribution >= 4 is 34.8 Å². The van der Waals surface area contributed by atoms with E-state index in [0.29, 0.717) is 21.3 Å².